The highest BCUT2D eigenvalue weighted by molar-refractivity contribution is 6.32. The van der Waals surface area contributed by atoms with Crippen LogP contribution in [0.15, 0.2) is 24.3 Å². The molecule has 0 unspecified atom stereocenters. The van der Waals surface area contributed by atoms with Gasteiger partial charge < -0.3 is 14.7 Å². The fourth-order valence-corrected chi connectivity index (χ4v) is 2.73. The molecule has 0 radical (unpaired) electrons. The molecule has 1 heterocycles. The van der Waals surface area contributed by atoms with E-state index in [4.69, 9.17) is 21.4 Å². The number of carboxylic acids is 1. The van der Waals surface area contributed by atoms with E-state index in [0.29, 0.717) is 11.6 Å². The van der Waals surface area contributed by atoms with Gasteiger partial charge in [0.15, 0.2) is 0 Å². The van der Waals surface area contributed by atoms with Gasteiger partial charge in [-0.1, -0.05) is 23.7 Å². The van der Waals surface area contributed by atoms with E-state index in [2.05, 4.69) is 9.80 Å². The maximum atomic E-state index is 10.5. The number of hydrogen-bond acceptors (Lipinski definition) is 4. The first kappa shape index (κ1) is 17.1. The Kier molecular flexibility index (Phi) is 6.96. The van der Waals surface area contributed by atoms with Gasteiger partial charge in [0.1, 0.15) is 12.4 Å². The van der Waals surface area contributed by atoms with Crippen molar-refractivity contribution in [2.45, 2.75) is 12.8 Å². The second kappa shape index (κ2) is 8.98. The molecule has 1 aromatic carbocycles. The minimum absolute atomic E-state index is 0.256. The first-order valence-electron chi connectivity index (χ1n) is 7.69. The van der Waals surface area contributed by atoms with E-state index in [1.54, 1.807) is 0 Å². The van der Waals surface area contributed by atoms with Crippen LogP contribution in [0.25, 0.3) is 0 Å². The zero-order valence-electron chi connectivity index (χ0n) is 12.7. The van der Waals surface area contributed by atoms with Crippen LogP contribution in [0.1, 0.15) is 12.8 Å². The van der Waals surface area contributed by atoms with Crippen LogP contribution in [0, 0.1) is 0 Å². The average molecular weight is 327 g/mol. The first-order valence-corrected chi connectivity index (χ1v) is 8.07. The predicted molar refractivity (Wildman–Crippen MR) is 86.7 cm³/mol. The summed E-state index contributed by atoms with van der Waals surface area (Å²) in [5.41, 5.74) is 0. The molecule has 0 saturated carbocycles. The van der Waals surface area contributed by atoms with E-state index < -0.39 is 5.97 Å². The average Bonchev–Trinajstić information content (AvgIpc) is 2.50. The summed E-state index contributed by atoms with van der Waals surface area (Å²) < 4.78 is 5.71. The van der Waals surface area contributed by atoms with E-state index in [1.165, 1.54) is 0 Å². The monoisotopic (exact) mass is 326 g/mol. The molecule has 0 spiro atoms. The van der Waals surface area contributed by atoms with E-state index in [9.17, 15) is 4.79 Å². The lowest BCUT2D eigenvalue weighted by molar-refractivity contribution is -0.137. The number of benzene rings is 1. The van der Waals surface area contributed by atoms with Crippen molar-refractivity contribution in [2.75, 3.05) is 45.9 Å². The molecule has 1 aromatic rings. The Morgan fingerprint density at radius 2 is 1.77 bits per heavy atom. The Labute approximate surface area is 136 Å². The molecule has 1 fully saturated rings. The normalized spacial score (nSPS) is 16.6. The largest absolute Gasteiger partial charge is 0.491 e. The van der Waals surface area contributed by atoms with Crippen molar-refractivity contribution in [2.24, 2.45) is 0 Å². The third kappa shape index (κ3) is 5.83. The number of rotatable bonds is 8. The van der Waals surface area contributed by atoms with Crippen molar-refractivity contribution in [1.82, 2.24) is 9.80 Å². The summed E-state index contributed by atoms with van der Waals surface area (Å²) in [6.07, 6.45) is 0.983. The molecule has 0 amide bonds. The summed E-state index contributed by atoms with van der Waals surface area (Å²) in [4.78, 5) is 15.2. The van der Waals surface area contributed by atoms with Crippen LogP contribution in [-0.2, 0) is 4.79 Å². The maximum absolute atomic E-state index is 10.5. The van der Waals surface area contributed by atoms with Gasteiger partial charge in [0, 0.05) is 39.1 Å². The fourth-order valence-electron chi connectivity index (χ4n) is 2.54. The molecule has 0 aliphatic carbocycles. The molecule has 1 aliphatic rings. The molecule has 122 valence electrons. The standard InChI is InChI=1S/C16H23ClN2O3/c17-14-4-1-2-5-15(14)22-13-12-19-10-8-18(9-11-19)7-3-6-16(20)21/h1-2,4-5H,3,6-13H2,(H,20,21). The minimum Gasteiger partial charge on any atom is -0.491 e. The smallest absolute Gasteiger partial charge is 0.303 e. The number of ether oxygens (including phenoxy) is 1. The van der Waals surface area contributed by atoms with Crippen molar-refractivity contribution in [3.63, 3.8) is 0 Å². The van der Waals surface area contributed by atoms with Crippen LogP contribution in [0.3, 0.4) is 0 Å². The number of nitrogens with zero attached hydrogens (tertiary/aromatic N) is 2. The molecule has 6 heteroatoms. The lowest BCUT2D eigenvalue weighted by Gasteiger charge is -2.34. The zero-order chi connectivity index (χ0) is 15.8. The van der Waals surface area contributed by atoms with Gasteiger partial charge in [-0.05, 0) is 25.1 Å². The van der Waals surface area contributed by atoms with E-state index >= 15 is 0 Å². The van der Waals surface area contributed by atoms with Crippen LogP contribution in [0.4, 0.5) is 0 Å². The van der Waals surface area contributed by atoms with Crippen LogP contribution >= 0.6 is 11.6 Å². The zero-order valence-corrected chi connectivity index (χ0v) is 13.5. The Morgan fingerprint density at radius 1 is 1.14 bits per heavy atom. The molecular weight excluding hydrogens is 304 g/mol. The summed E-state index contributed by atoms with van der Waals surface area (Å²) in [6.45, 7) is 6.36. The third-order valence-corrected chi connectivity index (χ3v) is 4.14. The van der Waals surface area contributed by atoms with Gasteiger partial charge in [-0.3, -0.25) is 9.69 Å². The molecule has 1 aliphatic heterocycles. The van der Waals surface area contributed by atoms with E-state index in [-0.39, 0.29) is 6.42 Å². The van der Waals surface area contributed by atoms with Gasteiger partial charge in [-0.25, -0.2) is 0 Å². The van der Waals surface area contributed by atoms with Crippen molar-refractivity contribution < 1.29 is 14.6 Å². The topological polar surface area (TPSA) is 53.0 Å². The van der Waals surface area contributed by atoms with Crippen molar-refractivity contribution in [3.05, 3.63) is 29.3 Å². The number of para-hydroxylation sites is 1. The number of carboxylic acid groups (broad SMARTS) is 1. The van der Waals surface area contributed by atoms with Crippen molar-refractivity contribution in [1.29, 1.82) is 0 Å². The van der Waals surface area contributed by atoms with Gasteiger partial charge in [-0.15, -0.1) is 0 Å². The highest BCUT2D eigenvalue weighted by Crippen LogP contribution is 2.22. The fraction of sp³-hybridized carbons (Fsp3) is 0.562. The second-order valence-electron chi connectivity index (χ2n) is 5.46. The molecule has 1 saturated heterocycles. The first-order chi connectivity index (χ1) is 10.6. The van der Waals surface area contributed by atoms with Gasteiger partial charge >= 0.3 is 5.97 Å². The molecular formula is C16H23ClN2O3. The molecule has 5 nitrogen and oxygen atoms in total. The van der Waals surface area contributed by atoms with E-state index in [0.717, 1.165) is 51.4 Å². The number of halogens is 1. The number of piperazine rings is 1. The highest BCUT2D eigenvalue weighted by Gasteiger charge is 2.16. The number of carbonyl (C=O) groups is 1. The summed E-state index contributed by atoms with van der Waals surface area (Å²) in [5.74, 6) is 0.0202. The minimum atomic E-state index is -0.713. The number of aliphatic carboxylic acids is 1. The van der Waals surface area contributed by atoms with Gasteiger partial charge in [0.25, 0.3) is 0 Å². The van der Waals surface area contributed by atoms with Crippen LogP contribution < -0.4 is 4.74 Å². The SMILES string of the molecule is O=C(O)CCCN1CCN(CCOc2ccccc2Cl)CC1. The Morgan fingerprint density at radius 3 is 2.41 bits per heavy atom. The van der Waals surface area contributed by atoms with Gasteiger partial charge in [0.2, 0.25) is 0 Å². The third-order valence-electron chi connectivity index (χ3n) is 3.83. The molecule has 0 atom stereocenters. The Balaban J connectivity index is 1.59. The summed E-state index contributed by atoms with van der Waals surface area (Å²) in [7, 11) is 0. The predicted octanol–water partition coefficient (Wildman–Crippen LogP) is 2.20. The lowest BCUT2D eigenvalue weighted by atomic mass is 10.2. The van der Waals surface area contributed by atoms with Gasteiger partial charge in [-0.2, -0.15) is 0 Å². The van der Waals surface area contributed by atoms with Crippen LogP contribution in [0.5, 0.6) is 5.75 Å². The highest BCUT2D eigenvalue weighted by atomic mass is 35.5. The summed E-state index contributed by atoms with van der Waals surface area (Å²) >= 11 is 6.05. The maximum Gasteiger partial charge on any atom is 0.303 e. The Hall–Kier alpha value is -1.30. The molecule has 1 N–H and O–H groups in total. The van der Waals surface area contributed by atoms with Crippen molar-refractivity contribution >= 4 is 17.6 Å². The van der Waals surface area contributed by atoms with Gasteiger partial charge in [0.05, 0.1) is 5.02 Å². The van der Waals surface area contributed by atoms with Crippen LogP contribution in [-0.4, -0.2) is 66.8 Å². The molecule has 0 bridgehead atoms. The molecule has 22 heavy (non-hydrogen) atoms. The quantitative estimate of drug-likeness (QED) is 0.793. The van der Waals surface area contributed by atoms with E-state index in [1.807, 2.05) is 24.3 Å². The Bertz CT molecular complexity index is 476. The second-order valence-corrected chi connectivity index (χ2v) is 5.87. The lowest BCUT2D eigenvalue weighted by Crippen LogP contribution is -2.47. The van der Waals surface area contributed by atoms with Crippen LogP contribution in [0.2, 0.25) is 5.02 Å². The number of hydrogen-bond donors (Lipinski definition) is 1. The summed E-state index contributed by atoms with van der Waals surface area (Å²) in [5, 5.41) is 9.29. The molecule has 0 aromatic heterocycles. The van der Waals surface area contributed by atoms with Crippen molar-refractivity contribution in [3.8, 4) is 5.75 Å². The molecule has 2 rings (SSSR count). The summed E-state index contributed by atoms with van der Waals surface area (Å²) in [6, 6.07) is 7.51.